The van der Waals surface area contributed by atoms with Gasteiger partial charge in [-0.15, -0.1) is 0 Å². The molecule has 122 valence electrons. The lowest BCUT2D eigenvalue weighted by atomic mass is 10.1. The van der Waals surface area contributed by atoms with Crippen LogP contribution in [0.3, 0.4) is 0 Å². The third-order valence-corrected chi connectivity index (χ3v) is 4.66. The van der Waals surface area contributed by atoms with Crippen LogP contribution in [-0.2, 0) is 16.0 Å². The number of carboxylic acid groups (broad SMARTS) is 1. The van der Waals surface area contributed by atoms with Gasteiger partial charge in [0.2, 0.25) is 5.91 Å². The summed E-state index contributed by atoms with van der Waals surface area (Å²) < 4.78 is 5.81. The number of likely N-dealkylation sites (tertiary alicyclic amines) is 1. The second-order valence-electron chi connectivity index (χ2n) is 6.17. The SMILES string of the molecule is O=C(O)C1CCCN1C(=O)Cc1cc2c(ccc3ccccc32)o1. The molecule has 0 bridgehead atoms. The zero-order valence-corrected chi connectivity index (χ0v) is 13.1. The van der Waals surface area contributed by atoms with Crippen LogP contribution < -0.4 is 0 Å². The van der Waals surface area contributed by atoms with Gasteiger partial charge >= 0.3 is 5.97 Å². The number of amides is 1. The van der Waals surface area contributed by atoms with Crippen LogP contribution >= 0.6 is 0 Å². The molecule has 1 aromatic heterocycles. The Morgan fingerprint density at radius 1 is 1.17 bits per heavy atom. The molecule has 1 N–H and O–H groups in total. The van der Waals surface area contributed by atoms with Gasteiger partial charge in [0.25, 0.3) is 0 Å². The fourth-order valence-corrected chi connectivity index (χ4v) is 3.50. The number of carbonyl (C=O) groups is 2. The molecule has 1 fully saturated rings. The molecule has 1 unspecified atom stereocenters. The van der Waals surface area contributed by atoms with Crippen molar-refractivity contribution in [3.8, 4) is 0 Å². The molecule has 4 rings (SSSR count). The van der Waals surface area contributed by atoms with Crippen molar-refractivity contribution in [2.24, 2.45) is 0 Å². The standard InChI is InChI=1S/C19H17NO4/c21-18(20-9-3-6-16(20)19(22)23)11-13-10-15-14-5-2-1-4-12(14)7-8-17(15)24-13/h1-2,4-5,7-8,10,16H,3,6,9,11H2,(H,22,23). The highest BCUT2D eigenvalue weighted by atomic mass is 16.4. The molecule has 24 heavy (non-hydrogen) atoms. The summed E-state index contributed by atoms with van der Waals surface area (Å²) in [7, 11) is 0. The van der Waals surface area contributed by atoms with E-state index in [0.29, 0.717) is 18.7 Å². The molecule has 0 spiro atoms. The smallest absolute Gasteiger partial charge is 0.326 e. The van der Waals surface area contributed by atoms with E-state index in [-0.39, 0.29) is 12.3 Å². The van der Waals surface area contributed by atoms with Gasteiger partial charge in [-0.1, -0.05) is 30.3 Å². The van der Waals surface area contributed by atoms with Crippen molar-refractivity contribution in [3.63, 3.8) is 0 Å². The molecule has 5 heteroatoms. The van der Waals surface area contributed by atoms with E-state index in [1.54, 1.807) is 0 Å². The number of benzene rings is 2. The summed E-state index contributed by atoms with van der Waals surface area (Å²) in [5.41, 5.74) is 0.743. The van der Waals surface area contributed by atoms with Gasteiger partial charge in [-0.25, -0.2) is 4.79 Å². The quantitative estimate of drug-likeness (QED) is 0.803. The zero-order chi connectivity index (χ0) is 16.7. The van der Waals surface area contributed by atoms with E-state index < -0.39 is 12.0 Å². The highest BCUT2D eigenvalue weighted by molar-refractivity contribution is 6.06. The number of nitrogens with zero attached hydrogens (tertiary/aromatic N) is 1. The summed E-state index contributed by atoms with van der Waals surface area (Å²) >= 11 is 0. The second-order valence-corrected chi connectivity index (χ2v) is 6.17. The van der Waals surface area contributed by atoms with Gasteiger partial charge in [-0.2, -0.15) is 0 Å². The van der Waals surface area contributed by atoms with Crippen LogP contribution in [-0.4, -0.2) is 34.5 Å². The molecule has 2 aromatic carbocycles. The first-order valence-corrected chi connectivity index (χ1v) is 8.06. The largest absolute Gasteiger partial charge is 0.480 e. The van der Waals surface area contributed by atoms with E-state index in [9.17, 15) is 14.7 Å². The highest BCUT2D eigenvalue weighted by Gasteiger charge is 2.34. The van der Waals surface area contributed by atoms with E-state index in [0.717, 1.165) is 28.2 Å². The number of hydrogen-bond donors (Lipinski definition) is 1. The van der Waals surface area contributed by atoms with Gasteiger partial charge in [0.05, 0.1) is 6.42 Å². The highest BCUT2D eigenvalue weighted by Crippen LogP contribution is 2.29. The molecule has 1 aliphatic heterocycles. The normalized spacial score (nSPS) is 17.7. The maximum absolute atomic E-state index is 12.5. The molecule has 0 aliphatic carbocycles. The van der Waals surface area contributed by atoms with E-state index >= 15 is 0 Å². The predicted octanol–water partition coefficient (Wildman–Crippen LogP) is 3.20. The number of carboxylic acids is 1. The monoisotopic (exact) mass is 323 g/mol. The molecule has 1 atom stereocenters. The Labute approximate surface area is 138 Å². The number of furan rings is 1. The maximum atomic E-state index is 12.5. The number of fused-ring (bicyclic) bond motifs is 3. The lowest BCUT2D eigenvalue weighted by Gasteiger charge is -2.20. The number of aliphatic carboxylic acids is 1. The van der Waals surface area contributed by atoms with Crippen molar-refractivity contribution >= 4 is 33.6 Å². The summed E-state index contributed by atoms with van der Waals surface area (Å²) in [6.45, 7) is 0.499. The van der Waals surface area contributed by atoms with Crippen LogP contribution in [0.1, 0.15) is 18.6 Å². The average Bonchev–Trinajstić information content (AvgIpc) is 3.21. The van der Waals surface area contributed by atoms with Crippen LogP contribution in [0.15, 0.2) is 46.9 Å². The molecule has 1 saturated heterocycles. The average molecular weight is 323 g/mol. The van der Waals surface area contributed by atoms with Crippen molar-refractivity contribution in [2.45, 2.75) is 25.3 Å². The van der Waals surface area contributed by atoms with Gasteiger partial charge in [0, 0.05) is 11.9 Å². The maximum Gasteiger partial charge on any atom is 0.326 e. The minimum absolute atomic E-state index is 0.0901. The molecule has 0 radical (unpaired) electrons. The fourth-order valence-electron chi connectivity index (χ4n) is 3.50. The number of carbonyl (C=O) groups excluding carboxylic acids is 1. The lowest BCUT2D eigenvalue weighted by molar-refractivity contribution is -0.148. The van der Waals surface area contributed by atoms with Crippen LogP contribution in [0.25, 0.3) is 21.7 Å². The van der Waals surface area contributed by atoms with Crippen molar-refractivity contribution in [1.82, 2.24) is 4.90 Å². The minimum Gasteiger partial charge on any atom is -0.480 e. The van der Waals surface area contributed by atoms with Crippen molar-refractivity contribution in [1.29, 1.82) is 0 Å². The molecule has 5 nitrogen and oxygen atoms in total. The van der Waals surface area contributed by atoms with Gasteiger partial charge in [0.1, 0.15) is 17.4 Å². The summed E-state index contributed by atoms with van der Waals surface area (Å²) in [5, 5.41) is 12.4. The van der Waals surface area contributed by atoms with Crippen LogP contribution in [0.2, 0.25) is 0 Å². The summed E-state index contributed by atoms with van der Waals surface area (Å²) in [6, 6.07) is 13.1. The Kier molecular flexibility index (Phi) is 3.49. The summed E-state index contributed by atoms with van der Waals surface area (Å²) in [4.78, 5) is 25.2. The molecule has 3 aromatic rings. The third kappa shape index (κ3) is 2.42. The minimum atomic E-state index is -0.934. The van der Waals surface area contributed by atoms with Gasteiger partial charge < -0.3 is 14.4 Å². The Morgan fingerprint density at radius 3 is 2.83 bits per heavy atom. The third-order valence-electron chi connectivity index (χ3n) is 4.66. The van der Waals surface area contributed by atoms with Crippen molar-refractivity contribution < 1.29 is 19.1 Å². The molecule has 1 amide bonds. The Hall–Kier alpha value is -2.82. The lowest BCUT2D eigenvalue weighted by Crippen LogP contribution is -2.41. The molecular formula is C19H17NO4. The first-order valence-electron chi connectivity index (χ1n) is 8.06. The van der Waals surface area contributed by atoms with Gasteiger partial charge in [-0.3, -0.25) is 4.79 Å². The van der Waals surface area contributed by atoms with Gasteiger partial charge in [0.15, 0.2) is 0 Å². The van der Waals surface area contributed by atoms with Crippen molar-refractivity contribution in [2.75, 3.05) is 6.54 Å². The number of rotatable bonds is 3. The molecule has 2 heterocycles. The first kappa shape index (κ1) is 14.8. The Morgan fingerprint density at radius 2 is 2.00 bits per heavy atom. The zero-order valence-electron chi connectivity index (χ0n) is 13.1. The first-order chi connectivity index (χ1) is 11.6. The molecular weight excluding hydrogens is 306 g/mol. The molecule has 1 aliphatic rings. The van der Waals surface area contributed by atoms with Gasteiger partial charge in [-0.05, 0) is 35.7 Å². The molecule has 0 saturated carbocycles. The Bertz CT molecular complexity index is 943. The summed E-state index contributed by atoms with van der Waals surface area (Å²) in [5.74, 6) is -0.554. The second kappa shape index (κ2) is 5.67. The Balaban J connectivity index is 1.64. The fraction of sp³-hybridized carbons (Fsp3) is 0.263. The predicted molar refractivity (Wildman–Crippen MR) is 89.8 cm³/mol. The van der Waals surface area contributed by atoms with Crippen LogP contribution in [0, 0.1) is 0 Å². The van der Waals surface area contributed by atoms with E-state index in [2.05, 4.69) is 0 Å². The van der Waals surface area contributed by atoms with E-state index in [1.807, 2.05) is 42.5 Å². The van der Waals surface area contributed by atoms with E-state index in [4.69, 9.17) is 4.42 Å². The number of hydrogen-bond acceptors (Lipinski definition) is 3. The van der Waals surface area contributed by atoms with E-state index in [1.165, 1.54) is 4.90 Å². The van der Waals surface area contributed by atoms with Crippen molar-refractivity contribution in [3.05, 3.63) is 48.2 Å². The van der Waals surface area contributed by atoms with Crippen LogP contribution in [0.4, 0.5) is 0 Å². The van der Waals surface area contributed by atoms with Crippen LogP contribution in [0.5, 0.6) is 0 Å². The topological polar surface area (TPSA) is 70.8 Å². The summed E-state index contributed by atoms with van der Waals surface area (Å²) in [6.07, 6.45) is 1.34.